The molecule has 0 radical (unpaired) electrons. The lowest BCUT2D eigenvalue weighted by Crippen LogP contribution is -2.28. The van der Waals surface area contributed by atoms with E-state index in [0.717, 1.165) is 12.1 Å². The van der Waals surface area contributed by atoms with Crippen LogP contribution in [0.3, 0.4) is 0 Å². The number of anilines is 1. The van der Waals surface area contributed by atoms with Gasteiger partial charge in [0, 0.05) is 16.8 Å². The van der Waals surface area contributed by atoms with E-state index in [1.807, 2.05) is 0 Å². The Morgan fingerprint density at radius 3 is 2.42 bits per heavy atom. The van der Waals surface area contributed by atoms with Crippen molar-refractivity contribution in [2.24, 2.45) is 0 Å². The van der Waals surface area contributed by atoms with Crippen molar-refractivity contribution in [1.29, 1.82) is 0 Å². The number of carbonyl (C=O) groups excluding carboxylic acids is 1. The molecule has 0 unspecified atom stereocenters. The predicted molar refractivity (Wildman–Crippen MR) is 114 cm³/mol. The smallest absolute Gasteiger partial charge is 0.255 e. The van der Waals surface area contributed by atoms with Gasteiger partial charge in [0.1, 0.15) is 11.6 Å². The summed E-state index contributed by atoms with van der Waals surface area (Å²) in [6.45, 7) is 0. The molecule has 2 N–H and O–H groups in total. The van der Waals surface area contributed by atoms with Crippen LogP contribution in [0.25, 0.3) is 0 Å². The number of hydrogen-bond donors (Lipinski definition) is 2. The third-order valence-corrected chi connectivity index (χ3v) is 6.89. The Morgan fingerprint density at radius 2 is 1.71 bits per heavy atom. The normalized spacial score (nSPS) is 15.5. The summed E-state index contributed by atoms with van der Waals surface area (Å²) in [5.74, 6) is -1.73. The van der Waals surface area contributed by atoms with E-state index in [-0.39, 0.29) is 26.7 Å². The molecule has 0 saturated carbocycles. The molecule has 3 aromatic carbocycles. The number of carbonyl (C=O) groups is 1. The summed E-state index contributed by atoms with van der Waals surface area (Å²) in [7, 11) is -3.86. The highest BCUT2D eigenvalue weighted by Gasteiger charge is 2.33. The fourth-order valence-corrected chi connectivity index (χ4v) is 5.12. The van der Waals surface area contributed by atoms with E-state index < -0.39 is 33.6 Å². The Balaban J connectivity index is 1.62. The average Bonchev–Trinajstić information content (AvgIpc) is 3.15. The molecule has 9 heteroatoms. The Labute approximate surface area is 183 Å². The quantitative estimate of drug-likeness (QED) is 0.570. The number of fused-ring (bicyclic) bond motifs is 1. The minimum absolute atomic E-state index is 0.0749. The Morgan fingerprint density at radius 1 is 1.00 bits per heavy atom. The van der Waals surface area contributed by atoms with Crippen molar-refractivity contribution >= 4 is 33.2 Å². The van der Waals surface area contributed by atoms with E-state index in [4.69, 9.17) is 11.6 Å². The minimum Gasteiger partial charge on any atom is -0.322 e. The van der Waals surface area contributed by atoms with Gasteiger partial charge in [0.2, 0.25) is 10.0 Å². The summed E-state index contributed by atoms with van der Waals surface area (Å²) < 4.78 is 55.9. The molecule has 31 heavy (non-hydrogen) atoms. The second-order valence-corrected chi connectivity index (χ2v) is 9.22. The van der Waals surface area contributed by atoms with Crippen molar-refractivity contribution in [1.82, 2.24) is 4.72 Å². The van der Waals surface area contributed by atoms with Crippen LogP contribution in [0.15, 0.2) is 65.6 Å². The van der Waals surface area contributed by atoms with Gasteiger partial charge in [-0.15, -0.1) is 0 Å². The van der Waals surface area contributed by atoms with Crippen LogP contribution in [0.1, 0.15) is 33.9 Å². The highest BCUT2D eigenvalue weighted by molar-refractivity contribution is 7.89. The van der Waals surface area contributed by atoms with Crippen LogP contribution >= 0.6 is 11.6 Å². The highest BCUT2D eigenvalue weighted by Crippen LogP contribution is 2.37. The first-order valence-electron chi connectivity index (χ1n) is 9.41. The van der Waals surface area contributed by atoms with Gasteiger partial charge in [0.25, 0.3) is 5.91 Å². The number of benzene rings is 3. The standard InChI is InChI=1S/C22H17ClF2N2O3S/c23-17-12-13(6-9-18(17)24)26-22(28)16-7-10-19(25)21-15(16)8-11-20(21)27-31(29,30)14-4-2-1-3-5-14/h1-7,9-10,12,20,27H,8,11H2,(H,26,28)/t20-/m0/s1. The molecule has 0 aromatic heterocycles. The summed E-state index contributed by atoms with van der Waals surface area (Å²) in [5, 5.41) is 2.47. The Kier molecular flexibility index (Phi) is 5.79. The second-order valence-electron chi connectivity index (χ2n) is 7.10. The molecule has 1 amide bonds. The van der Waals surface area contributed by atoms with Crippen LogP contribution in [-0.4, -0.2) is 14.3 Å². The first kappa shape index (κ1) is 21.4. The molecule has 0 aliphatic heterocycles. The molecule has 5 nitrogen and oxygen atoms in total. The number of nitrogens with one attached hydrogen (secondary N) is 2. The van der Waals surface area contributed by atoms with E-state index in [1.54, 1.807) is 18.2 Å². The lowest BCUT2D eigenvalue weighted by molar-refractivity contribution is 0.102. The molecule has 0 bridgehead atoms. The Bertz CT molecular complexity index is 1270. The molecule has 1 aliphatic carbocycles. The highest BCUT2D eigenvalue weighted by atomic mass is 35.5. The predicted octanol–water partition coefficient (Wildman–Crippen LogP) is 4.84. The van der Waals surface area contributed by atoms with Crippen LogP contribution in [0.5, 0.6) is 0 Å². The molecular weight excluding hydrogens is 446 g/mol. The number of rotatable bonds is 5. The molecule has 1 atom stereocenters. The summed E-state index contributed by atoms with van der Waals surface area (Å²) in [6, 6.07) is 13.2. The van der Waals surface area contributed by atoms with Gasteiger partial charge < -0.3 is 5.32 Å². The van der Waals surface area contributed by atoms with E-state index >= 15 is 0 Å². The molecule has 0 saturated heterocycles. The molecular formula is C22H17ClF2N2O3S. The minimum atomic E-state index is -3.86. The van der Waals surface area contributed by atoms with Gasteiger partial charge in [-0.05, 0) is 60.9 Å². The van der Waals surface area contributed by atoms with Crippen molar-refractivity contribution in [3.8, 4) is 0 Å². The lowest BCUT2D eigenvalue weighted by atomic mass is 10.0. The van der Waals surface area contributed by atoms with Crippen LogP contribution in [0.2, 0.25) is 5.02 Å². The monoisotopic (exact) mass is 462 g/mol. The van der Waals surface area contributed by atoms with Gasteiger partial charge in [-0.1, -0.05) is 29.8 Å². The van der Waals surface area contributed by atoms with Crippen LogP contribution < -0.4 is 10.0 Å². The summed E-state index contributed by atoms with van der Waals surface area (Å²) in [5.41, 5.74) is 1.10. The van der Waals surface area contributed by atoms with Gasteiger partial charge in [0.15, 0.2) is 0 Å². The van der Waals surface area contributed by atoms with Gasteiger partial charge in [0.05, 0.1) is 16.0 Å². The lowest BCUT2D eigenvalue weighted by Gasteiger charge is -2.16. The number of halogens is 3. The first-order valence-corrected chi connectivity index (χ1v) is 11.3. The first-order chi connectivity index (χ1) is 14.8. The van der Waals surface area contributed by atoms with Crippen molar-refractivity contribution in [2.45, 2.75) is 23.8 Å². The SMILES string of the molecule is O=C(Nc1ccc(F)c(Cl)c1)c1ccc(F)c2c1CC[C@@H]2NS(=O)(=O)c1ccccc1. The van der Waals surface area contributed by atoms with Crippen LogP contribution in [0, 0.1) is 11.6 Å². The van der Waals surface area contributed by atoms with Gasteiger partial charge in [-0.25, -0.2) is 21.9 Å². The number of sulfonamides is 1. The molecule has 1 aliphatic rings. The third-order valence-electron chi connectivity index (χ3n) is 5.11. The molecule has 3 aromatic rings. The molecule has 160 valence electrons. The second kappa shape index (κ2) is 8.37. The van der Waals surface area contributed by atoms with E-state index in [2.05, 4.69) is 10.0 Å². The van der Waals surface area contributed by atoms with Crippen LogP contribution in [-0.2, 0) is 16.4 Å². The largest absolute Gasteiger partial charge is 0.322 e. The van der Waals surface area contributed by atoms with Crippen LogP contribution in [0.4, 0.5) is 14.5 Å². The number of hydrogen-bond acceptors (Lipinski definition) is 3. The summed E-state index contributed by atoms with van der Waals surface area (Å²) in [4.78, 5) is 12.9. The summed E-state index contributed by atoms with van der Waals surface area (Å²) in [6.07, 6.45) is 0.632. The van der Waals surface area contributed by atoms with Crippen molar-refractivity contribution < 1.29 is 22.0 Å². The van der Waals surface area contributed by atoms with E-state index in [1.165, 1.54) is 30.3 Å². The summed E-state index contributed by atoms with van der Waals surface area (Å²) >= 11 is 5.75. The van der Waals surface area contributed by atoms with E-state index in [9.17, 15) is 22.0 Å². The maximum atomic E-state index is 14.7. The van der Waals surface area contributed by atoms with E-state index in [0.29, 0.717) is 18.4 Å². The maximum absolute atomic E-state index is 14.7. The topological polar surface area (TPSA) is 75.3 Å². The van der Waals surface area contributed by atoms with Crippen molar-refractivity contribution in [2.75, 3.05) is 5.32 Å². The van der Waals surface area contributed by atoms with Crippen molar-refractivity contribution in [3.63, 3.8) is 0 Å². The van der Waals surface area contributed by atoms with Gasteiger partial charge in [-0.2, -0.15) is 0 Å². The molecule has 0 heterocycles. The average molecular weight is 463 g/mol. The zero-order chi connectivity index (χ0) is 22.2. The molecule has 4 rings (SSSR count). The zero-order valence-electron chi connectivity index (χ0n) is 16.0. The Hall–Kier alpha value is -2.81. The zero-order valence-corrected chi connectivity index (χ0v) is 17.6. The maximum Gasteiger partial charge on any atom is 0.255 e. The fraction of sp³-hybridized carbons (Fsp3) is 0.136. The van der Waals surface area contributed by atoms with Crippen molar-refractivity contribution in [3.05, 3.63) is 94.0 Å². The molecule has 0 fully saturated rings. The third kappa shape index (κ3) is 4.32. The fourth-order valence-electron chi connectivity index (χ4n) is 3.67. The molecule has 0 spiro atoms. The van der Waals surface area contributed by atoms with Gasteiger partial charge >= 0.3 is 0 Å². The number of amides is 1. The van der Waals surface area contributed by atoms with Gasteiger partial charge in [-0.3, -0.25) is 4.79 Å².